The Labute approximate surface area is 144 Å². The Bertz CT molecular complexity index is 809. The molecule has 0 unspecified atom stereocenters. The number of benzene rings is 3. The molecule has 2 nitrogen and oxygen atoms in total. The van der Waals surface area contributed by atoms with Gasteiger partial charge in [0.25, 0.3) is 0 Å². The van der Waals surface area contributed by atoms with Crippen LogP contribution < -0.4 is 9.80 Å². The summed E-state index contributed by atoms with van der Waals surface area (Å²) in [5.74, 6) is 0. The van der Waals surface area contributed by atoms with E-state index in [1.807, 2.05) is 0 Å². The van der Waals surface area contributed by atoms with Gasteiger partial charge < -0.3 is 9.80 Å². The highest BCUT2D eigenvalue weighted by Gasteiger charge is 2.23. The topological polar surface area (TPSA) is 6.48 Å². The van der Waals surface area contributed by atoms with Crippen molar-refractivity contribution in [3.05, 3.63) is 84.4 Å². The van der Waals surface area contributed by atoms with Gasteiger partial charge in [-0.1, -0.05) is 66.7 Å². The van der Waals surface area contributed by atoms with Crippen LogP contribution in [-0.4, -0.2) is 13.2 Å². The fraction of sp³-hybridized carbons (Fsp3) is 0.182. The van der Waals surface area contributed by atoms with Crippen molar-refractivity contribution in [1.82, 2.24) is 0 Å². The largest absolute Gasteiger partial charge is 0.352 e. The number of fused-ring (bicyclic) bond motifs is 1. The molecule has 2 heteroatoms. The second kappa shape index (κ2) is 6.40. The van der Waals surface area contributed by atoms with Gasteiger partial charge in [0.05, 0.1) is 18.0 Å². The van der Waals surface area contributed by atoms with Crippen LogP contribution in [-0.2, 0) is 6.54 Å². The van der Waals surface area contributed by atoms with Crippen molar-refractivity contribution in [2.75, 3.05) is 23.0 Å². The molecule has 0 atom stereocenters. The summed E-state index contributed by atoms with van der Waals surface area (Å²) >= 11 is 0. The maximum Gasteiger partial charge on any atom is 0.0907 e. The fourth-order valence-corrected chi connectivity index (χ4v) is 3.42. The summed E-state index contributed by atoms with van der Waals surface area (Å²) in [7, 11) is 0. The van der Waals surface area contributed by atoms with Gasteiger partial charge in [-0.15, -0.1) is 0 Å². The summed E-state index contributed by atoms with van der Waals surface area (Å²) in [5, 5.41) is 0. The van der Waals surface area contributed by atoms with E-state index in [1.165, 1.54) is 28.1 Å². The summed E-state index contributed by atoms with van der Waals surface area (Å²) in [6, 6.07) is 28.2. The second-order valence-corrected chi connectivity index (χ2v) is 6.25. The summed E-state index contributed by atoms with van der Waals surface area (Å²) in [4.78, 5) is 4.88. The van der Waals surface area contributed by atoms with E-state index in [0.29, 0.717) is 0 Å². The molecule has 0 spiro atoms. The van der Waals surface area contributed by atoms with Gasteiger partial charge in [-0.2, -0.15) is 0 Å². The van der Waals surface area contributed by atoms with Gasteiger partial charge >= 0.3 is 0 Å². The van der Waals surface area contributed by atoms with Crippen molar-refractivity contribution in [2.45, 2.75) is 13.5 Å². The van der Waals surface area contributed by atoms with Crippen molar-refractivity contribution in [3.8, 4) is 11.1 Å². The zero-order valence-electron chi connectivity index (χ0n) is 14.0. The first kappa shape index (κ1) is 14.8. The SMILES string of the molecule is CCN1CN(Cc2ccc(-c3ccccc3)cc2)c2ccccc21. The molecule has 1 heterocycles. The zero-order valence-corrected chi connectivity index (χ0v) is 14.0. The average Bonchev–Trinajstić information content (AvgIpc) is 3.01. The van der Waals surface area contributed by atoms with Crippen LogP contribution in [0.25, 0.3) is 11.1 Å². The third-order valence-electron chi connectivity index (χ3n) is 4.72. The summed E-state index contributed by atoms with van der Waals surface area (Å²) in [6.07, 6.45) is 0. The first-order valence-corrected chi connectivity index (χ1v) is 8.58. The van der Waals surface area contributed by atoms with E-state index in [2.05, 4.69) is 95.6 Å². The standard InChI is InChI=1S/C22H22N2/c1-2-23-17-24(22-11-7-6-10-21(22)23)16-18-12-14-20(15-13-18)19-8-4-3-5-9-19/h3-15H,2,16-17H2,1H3. The number of para-hydroxylation sites is 2. The molecule has 0 bridgehead atoms. The Hall–Kier alpha value is -2.74. The maximum atomic E-state index is 2.45. The van der Waals surface area contributed by atoms with E-state index < -0.39 is 0 Å². The van der Waals surface area contributed by atoms with Crippen molar-refractivity contribution in [1.29, 1.82) is 0 Å². The Kier molecular flexibility index (Phi) is 3.96. The Morgan fingerprint density at radius 3 is 1.92 bits per heavy atom. The zero-order chi connectivity index (χ0) is 16.4. The number of hydrogen-bond acceptors (Lipinski definition) is 2. The predicted molar refractivity (Wildman–Crippen MR) is 102 cm³/mol. The highest BCUT2D eigenvalue weighted by Crippen LogP contribution is 2.36. The number of rotatable bonds is 4. The highest BCUT2D eigenvalue weighted by atomic mass is 15.4. The van der Waals surface area contributed by atoms with Crippen molar-refractivity contribution < 1.29 is 0 Å². The van der Waals surface area contributed by atoms with E-state index >= 15 is 0 Å². The quantitative estimate of drug-likeness (QED) is 0.656. The van der Waals surface area contributed by atoms with Crippen molar-refractivity contribution >= 4 is 11.4 Å². The molecule has 0 aliphatic carbocycles. The molecule has 0 saturated heterocycles. The normalized spacial score (nSPS) is 13.2. The number of anilines is 2. The van der Waals surface area contributed by atoms with Crippen LogP contribution in [0, 0.1) is 0 Å². The molecule has 3 aromatic rings. The predicted octanol–water partition coefficient (Wildman–Crippen LogP) is 5.16. The average molecular weight is 314 g/mol. The third-order valence-corrected chi connectivity index (χ3v) is 4.72. The van der Waals surface area contributed by atoms with Gasteiger partial charge in [-0.05, 0) is 35.7 Å². The molecule has 3 aromatic carbocycles. The molecule has 4 rings (SSSR count). The van der Waals surface area contributed by atoms with Gasteiger partial charge in [-0.3, -0.25) is 0 Å². The Morgan fingerprint density at radius 1 is 0.667 bits per heavy atom. The van der Waals surface area contributed by atoms with Crippen LogP contribution in [0.15, 0.2) is 78.9 Å². The van der Waals surface area contributed by atoms with E-state index in [-0.39, 0.29) is 0 Å². The number of hydrogen-bond donors (Lipinski definition) is 0. The minimum absolute atomic E-state index is 0.947. The molecule has 0 N–H and O–H groups in total. The molecule has 1 aliphatic rings. The van der Waals surface area contributed by atoms with Crippen LogP contribution in [0.2, 0.25) is 0 Å². The van der Waals surface area contributed by atoms with Crippen molar-refractivity contribution in [3.63, 3.8) is 0 Å². The summed E-state index contributed by atoms with van der Waals surface area (Å²) < 4.78 is 0. The maximum absolute atomic E-state index is 2.45. The molecular formula is C22H22N2. The van der Waals surface area contributed by atoms with Gasteiger partial charge in [0, 0.05) is 13.1 Å². The minimum atomic E-state index is 0.947. The second-order valence-electron chi connectivity index (χ2n) is 6.25. The molecule has 24 heavy (non-hydrogen) atoms. The molecule has 120 valence electrons. The molecular weight excluding hydrogens is 292 g/mol. The first-order valence-electron chi connectivity index (χ1n) is 8.58. The minimum Gasteiger partial charge on any atom is -0.352 e. The smallest absolute Gasteiger partial charge is 0.0907 e. The summed E-state index contributed by atoms with van der Waals surface area (Å²) in [5.41, 5.74) is 6.58. The van der Waals surface area contributed by atoms with E-state index in [4.69, 9.17) is 0 Å². The molecule has 0 saturated carbocycles. The van der Waals surface area contributed by atoms with Gasteiger partial charge in [0.1, 0.15) is 0 Å². The van der Waals surface area contributed by atoms with Crippen LogP contribution in [0.4, 0.5) is 11.4 Å². The van der Waals surface area contributed by atoms with E-state index in [0.717, 1.165) is 19.8 Å². The van der Waals surface area contributed by atoms with Crippen LogP contribution in [0.3, 0.4) is 0 Å². The van der Waals surface area contributed by atoms with E-state index in [1.54, 1.807) is 0 Å². The van der Waals surface area contributed by atoms with Crippen LogP contribution in [0.5, 0.6) is 0 Å². The van der Waals surface area contributed by atoms with Crippen LogP contribution in [0.1, 0.15) is 12.5 Å². The monoisotopic (exact) mass is 314 g/mol. The van der Waals surface area contributed by atoms with Crippen LogP contribution >= 0.6 is 0 Å². The molecule has 0 fully saturated rings. The molecule has 0 radical (unpaired) electrons. The van der Waals surface area contributed by atoms with Gasteiger partial charge in [0.15, 0.2) is 0 Å². The fourth-order valence-electron chi connectivity index (χ4n) is 3.42. The third kappa shape index (κ3) is 2.76. The lowest BCUT2D eigenvalue weighted by molar-refractivity contribution is 0.781. The highest BCUT2D eigenvalue weighted by molar-refractivity contribution is 5.76. The number of nitrogens with zero attached hydrogens (tertiary/aromatic N) is 2. The lowest BCUT2D eigenvalue weighted by Gasteiger charge is -2.21. The lowest BCUT2D eigenvalue weighted by atomic mass is 10.0. The van der Waals surface area contributed by atoms with E-state index in [9.17, 15) is 0 Å². The molecule has 0 aromatic heterocycles. The van der Waals surface area contributed by atoms with Gasteiger partial charge in [0.2, 0.25) is 0 Å². The molecule has 1 aliphatic heterocycles. The lowest BCUT2D eigenvalue weighted by Crippen LogP contribution is -2.30. The molecule has 0 amide bonds. The summed E-state index contributed by atoms with van der Waals surface area (Å²) in [6.45, 7) is 5.17. The Balaban J connectivity index is 1.54. The van der Waals surface area contributed by atoms with Crippen molar-refractivity contribution in [2.24, 2.45) is 0 Å². The van der Waals surface area contributed by atoms with Gasteiger partial charge in [-0.25, -0.2) is 0 Å². The first-order chi connectivity index (χ1) is 11.8. The Morgan fingerprint density at radius 2 is 1.25 bits per heavy atom.